The van der Waals surface area contributed by atoms with E-state index in [0.29, 0.717) is 0 Å². The molecule has 0 amide bonds. The Hall–Kier alpha value is -1.35. The van der Waals surface area contributed by atoms with Crippen LogP contribution in [0.25, 0.3) is 0 Å². The van der Waals surface area contributed by atoms with Gasteiger partial charge in [0.05, 0.1) is 0 Å². The minimum absolute atomic E-state index is 0.221. The van der Waals surface area contributed by atoms with Gasteiger partial charge in [-0.1, -0.05) is 43.7 Å². The fraction of sp³-hybridized carbons (Fsp3) is 0.533. The van der Waals surface area contributed by atoms with Gasteiger partial charge in [-0.2, -0.15) is 0 Å². The molecule has 0 aromatic heterocycles. The number of carbonyl (C=O) groups is 1. The van der Waals surface area contributed by atoms with E-state index in [1.807, 2.05) is 18.2 Å². The van der Waals surface area contributed by atoms with Crippen molar-refractivity contribution in [3.05, 3.63) is 35.9 Å². The fourth-order valence-corrected chi connectivity index (χ4v) is 2.13. The topological polar surface area (TPSA) is 49.3 Å². The lowest BCUT2D eigenvalue weighted by atomic mass is 9.99. The van der Waals surface area contributed by atoms with Crippen molar-refractivity contribution in [2.24, 2.45) is 5.92 Å². The van der Waals surface area contributed by atoms with Gasteiger partial charge in [0.2, 0.25) is 0 Å². The molecule has 0 saturated heterocycles. The Morgan fingerprint density at radius 2 is 2.00 bits per heavy atom. The molecule has 0 saturated carbocycles. The van der Waals surface area contributed by atoms with E-state index < -0.39 is 5.97 Å². The number of aliphatic carboxylic acids is 1. The smallest absolute Gasteiger partial charge is 0.303 e. The van der Waals surface area contributed by atoms with Crippen LogP contribution in [0.1, 0.15) is 44.7 Å². The normalized spacial score (nSPS) is 14.1. The molecule has 0 bridgehead atoms. The van der Waals surface area contributed by atoms with Crippen LogP contribution in [0.3, 0.4) is 0 Å². The van der Waals surface area contributed by atoms with Crippen molar-refractivity contribution in [3.8, 4) is 0 Å². The molecule has 0 aliphatic carbocycles. The van der Waals surface area contributed by atoms with Gasteiger partial charge in [0.1, 0.15) is 0 Å². The Morgan fingerprint density at radius 3 is 2.56 bits per heavy atom. The maximum Gasteiger partial charge on any atom is 0.303 e. The Bertz CT molecular complexity index is 351. The van der Waals surface area contributed by atoms with E-state index in [1.54, 1.807) is 0 Å². The van der Waals surface area contributed by atoms with Crippen molar-refractivity contribution in [2.45, 2.75) is 39.2 Å². The third kappa shape index (κ3) is 5.32. The molecule has 0 fully saturated rings. The molecular formula is C15H23NO2. The van der Waals surface area contributed by atoms with E-state index >= 15 is 0 Å². The summed E-state index contributed by atoms with van der Waals surface area (Å²) in [5.74, 6) is -0.485. The lowest BCUT2D eigenvalue weighted by molar-refractivity contribution is -0.138. The second-order valence-electron chi connectivity index (χ2n) is 4.79. The van der Waals surface area contributed by atoms with E-state index in [0.717, 1.165) is 19.4 Å². The van der Waals surface area contributed by atoms with Gasteiger partial charge >= 0.3 is 5.97 Å². The van der Waals surface area contributed by atoms with Gasteiger partial charge in [0.25, 0.3) is 0 Å². The van der Waals surface area contributed by atoms with Crippen LogP contribution >= 0.6 is 0 Å². The zero-order valence-corrected chi connectivity index (χ0v) is 11.2. The molecule has 0 unspecified atom stereocenters. The van der Waals surface area contributed by atoms with Crippen molar-refractivity contribution in [1.29, 1.82) is 0 Å². The van der Waals surface area contributed by atoms with Gasteiger partial charge in [0, 0.05) is 12.5 Å². The van der Waals surface area contributed by atoms with E-state index in [9.17, 15) is 4.79 Å². The Labute approximate surface area is 109 Å². The number of hydrogen-bond acceptors (Lipinski definition) is 2. The number of hydrogen-bond donors (Lipinski definition) is 2. The lowest BCUT2D eigenvalue weighted by Gasteiger charge is -2.19. The summed E-state index contributed by atoms with van der Waals surface area (Å²) in [6.07, 6.45) is 2.24. The molecule has 3 heteroatoms. The molecule has 2 atom stereocenters. The van der Waals surface area contributed by atoms with Crippen molar-refractivity contribution in [3.63, 3.8) is 0 Å². The van der Waals surface area contributed by atoms with Crippen molar-refractivity contribution < 1.29 is 9.90 Å². The third-order valence-corrected chi connectivity index (χ3v) is 3.17. The lowest BCUT2D eigenvalue weighted by Crippen LogP contribution is -2.27. The molecule has 0 spiro atoms. The summed E-state index contributed by atoms with van der Waals surface area (Å²) in [6, 6.07) is 10.5. The molecule has 2 N–H and O–H groups in total. The highest BCUT2D eigenvalue weighted by Gasteiger charge is 2.13. The highest BCUT2D eigenvalue weighted by atomic mass is 16.4. The fourth-order valence-electron chi connectivity index (χ4n) is 2.13. The monoisotopic (exact) mass is 249 g/mol. The number of carboxylic acid groups (broad SMARTS) is 1. The first-order valence-corrected chi connectivity index (χ1v) is 6.63. The van der Waals surface area contributed by atoms with Gasteiger partial charge in [-0.05, 0) is 31.4 Å². The SMILES string of the molecule is CCC[C@H](CN[C@@H](C)c1ccccc1)CC(=O)O. The van der Waals surface area contributed by atoms with Gasteiger partial charge in [-0.15, -0.1) is 0 Å². The number of rotatable bonds is 8. The molecular weight excluding hydrogens is 226 g/mol. The average molecular weight is 249 g/mol. The van der Waals surface area contributed by atoms with Crippen LogP contribution in [0.4, 0.5) is 0 Å². The zero-order chi connectivity index (χ0) is 13.4. The summed E-state index contributed by atoms with van der Waals surface area (Å²) in [4.78, 5) is 10.8. The molecule has 0 aliphatic heterocycles. The third-order valence-electron chi connectivity index (χ3n) is 3.17. The van der Waals surface area contributed by atoms with Gasteiger partial charge in [-0.25, -0.2) is 0 Å². The highest BCUT2D eigenvalue weighted by molar-refractivity contribution is 5.67. The zero-order valence-electron chi connectivity index (χ0n) is 11.2. The Balaban J connectivity index is 2.44. The van der Waals surface area contributed by atoms with Crippen LogP contribution < -0.4 is 5.32 Å². The summed E-state index contributed by atoms with van der Waals surface area (Å²) in [7, 11) is 0. The first-order chi connectivity index (χ1) is 8.63. The number of benzene rings is 1. The van der Waals surface area contributed by atoms with Crippen LogP contribution in [-0.2, 0) is 4.79 Å². The molecule has 1 aromatic carbocycles. The van der Waals surface area contributed by atoms with Crippen molar-refractivity contribution >= 4 is 5.97 Å². The largest absolute Gasteiger partial charge is 0.481 e. The molecule has 1 aromatic rings. The van der Waals surface area contributed by atoms with Crippen LogP contribution in [0.15, 0.2) is 30.3 Å². The predicted molar refractivity (Wildman–Crippen MR) is 73.5 cm³/mol. The molecule has 0 heterocycles. The summed E-state index contributed by atoms with van der Waals surface area (Å²) >= 11 is 0. The molecule has 0 radical (unpaired) electrons. The van der Waals surface area contributed by atoms with E-state index in [2.05, 4.69) is 31.3 Å². The maximum atomic E-state index is 10.8. The minimum Gasteiger partial charge on any atom is -0.481 e. The average Bonchev–Trinajstić information content (AvgIpc) is 2.36. The predicted octanol–water partition coefficient (Wildman–Crippen LogP) is 3.23. The van der Waals surface area contributed by atoms with Crippen molar-refractivity contribution in [1.82, 2.24) is 5.32 Å². The number of carboxylic acids is 1. The summed E-state index contributed by atoms with van der Waals surface area (Å²) in [5, 5.41) is 12.3. The molecule has 0 aliphatic rings. The van der Waals surface area contributed by atoms with E-state index in [1.165, 1.54) is 5.56 Å². The van der Waals surface area contributed by atoms with Crippen LogP contribution in [0, 0.1) is 5.92 Å². The standard InChI is InChI=1S/C15H23NO2/c1-3-7-13(10-15(17)18)11-16-12(2)14-8-5-4-6-9-14/h4-6,8-9,12-13,16H,3,7,10-11H2,1-2H3,(H,17,18)/t12-,13-/m0/s1. The number of nitrogens with one attached hydrogen (secondary N) is 1. The molecule has 18 heavy (non-hydrogen) atoms. The summed E-state index contributed by atoms with van der Waals surface area (Å²) in [5.41, 5.74) is 1.24. The summed E-state index contributed by atoms with van der Waals surface area (Å²) in [6.45, 7) is 4.96. The second-order valence-corrected chi connectivity index (χ2v) is 4.79. The van der Waals surface area contributed by atoms with Crippen LogP contribution in [-0.4, -0.2) is 17.6 Å². The van der Waals surface area contributed by atoms with Crippen LogP contribution in [0.2, 0.25) is 0 Å². The van der Waals surface area contributed by atoms with Gasteiger partial charge in [-0.3, -0.25) is 4.79 Å². The van der Waals surface area contributed by atoms with E-state index in [4.69, 9.17) is 5.11 Å². The summed E-state index contributed by atoms with van der Waals surface area (Å²) < 4.78 is 0. The first-order valence-electron chi connectivity index (χ1n) is 6.63. The van der Waals surface area contributed by atoms with E-state index in [-0.39, 0.29) is 18.4 Å². The highest BCUT2D eigenvalue weighted by Crippen LogP contribution is 2.15. The van der Waals surface area contributed by atoms with Gasteiger partial charge < -0.3 is 10.4 Å². The molecule has 1 rings (SSSR count). The maximum absolute atomic E-state index is 10.8. The Morgan fingerprint density at radius 1 is 1.33 bits per heavy atom. The van der Waals surface area contributed by atoms with Crippen LogP contribution in [0.5, 0.6) is 0 Å². The van der Waals surface area contributed by atoms with Gasteiger partial charge in [0.15, 0.2) is 0 Å². The molecule has 100 valence electrons. The Kier molecular flexibility index (Phi) is 6.44. The quantitative estimate of drug-likeness (QED) is 0.743. The minimum atomic E-state index is -0.706. The first kappa shape index (κ1) is 14.7. The molecule has 3 nitrogen and oxygen atoms in total. The second kappa shape index (κ2) is 7.88. The van der Waals surface area contributed by atoms with Crippen molar-refractivity contribution in [2.75, 3.05) is 6.54 Å².